The Morgan fingerprint density at radius 1 is 1.12 bits per heavy atom. The zero-order valence-corrected chi connectivity index (χ0v) is 13.0. The van der Waals surface area contributed by atoms with Crippen LogP contribution in [-0.2, 0) is 0 Å². The van der Waals surface area contributed by atoms with E-state index in [1.165, 1.54) is 6.07 Å². The van der Waals surface area contributed by atoms with Gasteiger partial charge in [-0.1, -0.05) is 18.2 Å². The Morgan fingerprint density at radius 2 is 1.92 bits per heavy atom. The molecule has 0 saturated carbocycles. The molecule has 0 radical (unpaired) electrons. The van der Waals surface area contributed by atoms with Crippen molar-refractivity contribution in [3.63, 3.8) is 0 Å². The maximum absolute atomic E-state index is 13.1. The van der Waals surface area contributed by atoms with E-state index >= 15 is 0 Å². The molecule has 130 valence electrons. The Kier molecular flexibility index (Phi) is 5.20. The summed E-state index contributed by atoms with van der Waals surface area (Å²) < 4.78 is 36.2. The summed E-state index contributed by atoms with van der Waals surface area (Å²) in [5, 5.41) is 16.5. The Hall–Kier alpha value is -3.00. The van der Waals surface area contributed by atoms with Gasteiger partial charge in [0.1, 0.15) is 18.5 Å². The highest BCUT2D eigenvalue weighted by molar-refractivity contribution is 5.53. The van der Waals surface area contributed by atoms with E-state index in [-0.39, 0.29) is 24.8 Å². The molecule has 0 amide bonds. The van der Waals surface area contributed by atoms with Gasteiger partial charge in [0.25, 0.3) is 11.8 Å². The molecule has 0 fully saturated rings. The minimum absolute atomic E-state index is 0.0947. The fourth-order valence-corrected chi connectivity index (χ4v) is 2.02. The third-order valence-electron chi connectivity index (χ3n) is 3.28. The second-order valence-corrected chi connectivity index (χ2v) is 5.21. The lowest BCUT2D eigenvalue weighted by Gasteiger charge is -2.12. The number of nitrogens with zero attached hydrogens (tertiary/aromatic N) is 2. The molecule has 1 atom stereocenters. The summed E-state index contributed by atoms with van der Waals surface area (Å²) in [6, 6.07) is 12.4. The van der Waals surface area contributed by atoms with Crippen molar-refractivity contribution in [2.45, 2.75) is 6.10 Å². The molecule has 25 heavy (non-hydrogen) atoms. The van der Waals surface area contributed by atoms with E-state index in [1.807, 2.05) is 30.3 Å². The van der Waals surface area contributed by atoms with Gasteiger partial charge in [0.2, 0.25) is 0 Å². The zero-order valence-electron chi connectivity index (χ0n) is 13.0. The topological polar surface area (TPSA) is 80.4 Å². The summed E-state index contributed by atoms with van der Waals surface area (Å²) in [5.74, 6) is -1.25. The van der Waals surface area contributed by atoms with E-state index in [4.69, 9.17) is 9.26 Å². The van der Waals surface area contributed by atoms with Crippen molar-refractivity contribution in [3.8, 4) is 17.2 Å². The maximum atomic E-state index is 13.1. The van der Waals surface area contributed by atoms with Gasteiger partial charge in [0.15, 0.2) is 11.6 Å². The minimum Gasteiger partial charge on any atom is -0.491 e. The molecule has 2 N–H and O–H groups in total. The summed E-state index contributed by atoms with van der Waals surface area (Å²) in [4.78, 5) is 4.16. The zero-order chi connectivity index (χ0) is 17.6. The number of aliphatic hydroxyl groups is 1. The molecule has 0 spiro atoms. The first-order valence-corrected chi connectivity index (χ1v) is 7.51. The number of hydrogen-bond donors (Lipinski definition) is 2. The number of hydrogen-bond acceptors (Lipinski definition) is 6. The molecule has 0 bridgehead atoms. The average molecular weight is 347 g/mol. The van der Waals surface area contributed by atoms with Gasteiger partial charge in [-0.3, -0.25) is 0 Å². The molecule has 0 saturated heterocycles. The number of halogens is 2. The van der Waals surface area contributed by atoms with E-state index in [2.05, 4.69) is 15.5 Å². The highest BCUT2D eigenvalue weighted by Gasteiger charge is 2.11. The predicted octanol–water partition coefficient (Wildman–Crippen LogP) is 2.87. The summed E-state index contributed by atoms with van der Waals surface area (Å²) in [6.07, 6.45) is -0.910. The third kappa shape index (κ3) is 4.51. The van der Waals surface area contributed by atoms with Crippen molar-refractivity contribution in [1.82, 2.24) is 10.1 Å². The highest BCUT2D eigenvalue weighted by Crippen LogP contribution is 2.18. The van der Waals surface area contributed by atoms with Crippen molar-refractivity contribution >= 4 is 5.95 Å². The van der Waals surface area contributed by atoms with Gasteiger partial charge in [0.05, 0.1) is 0 Å². The van der Waals surface area contributed by atoms with Gasteiger partial charge >= 0.3 is 0 Å². The standard InChI is InChI=1S/C17H15F2N3O3/c18-14-7-6-13(8-15(14)19)24-10-12(23)9-20-17-21-16(25-22-17)11-4-2-1-3-5-11/h1-8,12,23H,9-10H2,(H,20,22). The van der Waals surface area contributed by atoms with Crippen molar-refractivity contribution in [2.24, 2.45) is 0 Å². The number of rotatable bonds is 7. The van der Waals surface area contributed by atoms with Crippen LogP contribution in [0.25, 0.3) is 11.5 Å². The van der Waals surface area contributed by atoms with Crippen LogP contribution in [-0.4, -0.2) is 34.5 Å². The quantitative estimate of drug-likeness (QED) is 0.684. The third-order valence-corrected chi connectivity index (χ3v) is 3.28. The Labute approximate surface area is 142 Å². The molecule has 1 aromatic heterocycles. The summed E-state index contributed by atoms with van der Waals surface area (Å²) >= 11 is 0. The van der Waals surface area contributed by atoms with Gasteiger partial charge in [-0.25, -0.2) is 8.78 Å². The van der Waals surface area contributed by atoms with Gasteiger partial charge in [-0.2, -0.15) is 4.98 Å². The van der Waals surface area contributed by atoms with E-state index in [9.17, 15) is 13.9 Å². The number of aromatic nitrogens is 2. The molecule has 0 aliphatic carbocycles. The van der Waals surface area contributed by atoms with Crippen LogP contribution in [0, 0.1) is 11.6 Å². The molecule has 1 heterocycles. The van der Waals surface area contributed by atoms with E-state index in [0.717, 1.165) is 17.7 Å². The number of anilines is 1. The van der Waals surface area contributed by atoms with E-state index in [1.54, 1.807) is 0 Å². The number of benzene rings is 2. The first-order valence-electron chi connectivity index (χ1n) is 7.51. The lowest BCUT2D eigenvalue weighted by atomic mass is 10.2. The van der Waals surface area contributed by atoms with Crippen molar-refractivity contribution in [2.75, 3.05) is 18.5 Å². The van der Waals surface area contributed by atoms with Crippen LogP contribution >= 0.6 is 0 Å². The van der Waals surface area contributed by atoms with Crippen LogP contribution in [0.3, 0.4) is 0 Å². The van der Waals surface area contributed by atoms with Crippen molar-refractivity contribution < 1.29 is 23.1 Å². The van der Waals surface area contributed by atoms with Crippen molar-refractivity contribution in [3.05, 3.63) is 60.2 Å². The SMILES string of the molecule is OC(CNc1noc(-c2ccccc2)n1)COc1ccc(F)c(F)c1. The predicted molar refractivity (Wildman–Crippen MR) is 86.1 cm³/mol. The molecule has 2 aromatic carbocycles. The van der Waals surface area contributed by atoms with Gasteiger partial charge in [0, 0.05) is 18.2 Å². The Bertz CT molecular complexity index is 827. The van der Waals surface area contributed by atoms with Crippen LogP contribution in [0.1, 0.15) is 0 Å². The largest absolute Gasteiger partial charge is 0.491 e. The van der Waals surface area contributed by atoms with E-state index < -0.39 is 17.7 Å². The minimum atomic E-state index is -1.01. The van der Waals surface area contributed by atoms with Crippen LogP contribution in [0.4, 0.5) is 14.7 Å². The second-order valence-electron chi connectivity index (χ2n) is 5.21. The van der Waals surface area contributed by atoms with Crippen LogP contribution in [0.2, 0.25) is 0 Å². The van der Waals surface area contributed by atoms with Crippen molar-refractivity contribution in [1.29, 1.82) is 0 Å². The molecule has 1 unspecified atom stereocenters. The summed E-state index contributed by atoms with van der Waals surface area (Å²) in [6.45, 7) is -0.0150. The monoisotopic (exact) mass is 347 g/mol. The second kappa shape index (κ2) is 7.71. The molecular formula is C17H15F2N3O3. The van der Waals surface area contributed by atoms with E-state index in [0.29, 0.717) is 5.89 Å². The maximum Gasteiger partial charge on any atom is 0.263 e. The fourth-order valence-electron chi connectivity index (χ4n) is 2.02. The molecule has 3 rings (SSSR count). The molecule has 3 aromatic rings. The first-order chi connectivity index (χ1) is 12.1. The molecule has 0 aliphatic rings. The fraction of sp³-hybridized carbons (Fsp3) is 0.176. The smallest absolute Gasteiger partial charge is 0.263 e. The van der Waals surface area contributed by atoms with Gasteiger partial charge in [-0.15, -0.1) is 0 Å². The van der Waals surface area contributed by atoms with Crippen LogP contribution in [0.15, 0.2) is 53.1 Å². The normalized spacial score (nSPS) is 12.0. The Balaban J connectivity index is 1.48. The van der Waals surface area contributed by atoms with Gasteiger partial charge in [-0.05, 0) is 29.4 Å². The first kappa shape index (κ1) is 16.8. The molecule has 6 nitrogen and oxygen atoms in total. The molecular weight excluding hydrogens is 332 g/mol. The summed E-state index contributed by atoms with van der Waals surface area (Å²) in [5.41, 5.74) is 0.783. The molecule has 0 aliphatic heterocycles. The lowest BCUT2D eigenvalue weighted by Crippen LogP contribution is -2.26. The number of ether oxygens (including phenoxy) is 1. The number of nitrogens with one attached hydrogen (secondary N) is 1. The number of aliphatic hydroxyl groups excluding tert-OH is 1. The summed E-state index contributed by atoms with van der Waals surface area (Å²) in [7, 11) is 0. The lowest BCUT2D eigenvalue weighted by molar-refractivity contribution is 0.117. The van der Waals surface area contributed by atoms with Crippen LogP contribution in [0.5, 0.6) is 5.75 Å². The van der Waals surface area contributed by atoms with Crippen LogP contribution < -0.4 is 10.1 Å². The molecule has 8 heteroatoms. The highest BCUT2D eigenvalue weighted by atomic mass is 19.2. The average Bonchev–Trinajstić information content (AvgIpc) is 3.11. The van der Waals surface area contributed by atoms with Gasteiger partial charge < -0.3 is 19.7 Å². The Morgan fingerprint density at radius 3 is 2.68 bits per heavy atom.